The van der Waals surface area contributed by atoms with Crippen molar-refractivity contribution in [2.75, 3.05) is 13.2 Å². The van der Waals surface area contributed by atoms with Gasteiger partial charge in [0.1, 0.15) is 5.75 Å². The fourth-order valence-electron chi connectivity index (χ4n) is 1.08. The molecule has 0 N–H and O–H groups in total. The Morgan fingerprint density at radius 3 is 2.92 bits per heavy atom. The minimum Gasteiger partial charge on any atom is -0.494 e. The second-order valence-electron chi connectivity index (χ2n) is 2.63. The molecule has 0 aliphatic rings. The lowest BCUT2D eigenvalue weighted by Crippen LogP contribution is -1.95. The van der Waals surface area contributed by atoms with Crippen LogP contribution in [0.15, 0.2) is 24.3 Å². The second-order valence-corrected chi connectivity index (χ2v) is 2.63. The van der Waals surface area contributed by atoms with Gasteiger partial charge in [0, 0.05) is 6.61 Å². The molecular weight excluding hydrogens is 164 g/mol. The van der Waals surface area contributed by atoms with Crippen molar-refractivity contribution in [1.29, 1.82) is 0 Å². The fraction of sp³-hybridized carbons (Fsp3) is 0.364. The summed E-state index contributed by atoms with van der Waals surface area (Å²) in [5.41, 5.74) is 1.12. The number of rotatable bonds is 5. The van der Waals surface area contributed by atoms with Gasteiger partial charge in [-0.1, -0.05) is 12.1 Å². The van der Waals surface area contributed by atoms with Gasteiger partial charge < -0.3 is 9.47 Å². The molecule has 0 aromatic heterocycles. The van der Waals surface area contributed by atoms with Crippen LogP contribution in [0.4, 0.5) is 0 Å². The molecule has 0 spiro atoms. The Hall–Kier alpha value is -1.02. The van der Waals surface area contributed by atoms with Crippen LogP contribution in [0.2, 0.25) is 0 Å². The fourth-order valence-corrected chi connectivity index (χ4v) is 1.08. The third-order valence-electron chi connectivity index (χ3n) is 1.62. The topological polar surface area (TPSA) is 18.5 Å². The maximum absolute atomic E-state index is 5.36. The van der Waals surface area contributed by atoms with Gasteiger partial charge in [0.05, 0.1) is 13.2 Å². The Kier molecular flexibility index (Phi) is 4.33. The molecule has 0 saturated heterocycles. The van der Waals surface area contributed by atoms with Crippen LogP contribution in [0.25, 0.3) is 0 Å². The first-order chi connectivity index (χ1) is 6.36. The normalized spacial score (nSPS) is 10.0. The van der Waals surface area contributed by atoms with E-state index in [1.165, 1.54) is 0 Å². The Balaban J connectivity index is 2.56. The molecule has 0 heterocycles. The van der Waals surface area contributed by atoms with E-state index in [0.29, 0.717) is 19.8 Å². The molecule has 1 aromatic rings. The second kappa shape index (κ2) is 5.60. The van der Waals surface area contributed by atoms with E-state index in [-0.39, 0.29) is 0 Å². The van der Waals surface area contributed by atoms with E-state index in [1.54, 1.807) is 0 Å². The first kappa shape index (κ1) is 10.1. The van der Waals surface area contributed by atoms with E-state index in [1.807, 2.05) is 31.2 Å². The van der Waals surface area contributed by atoms with Crippen molar-refractivity contribution in [3.05, 3.63) is 36.8 Å². The van der Waals surface area contributed by atoms with Gasteiger partial charge in [-0.05, 0) is 31.5 Å². The van der Waals surface area contributed by atoms with Crippen molar-refractivity contribution in [1.82, 2.24) is 0 Å². The maximum atomic E-state index is 5.36. The van der Waals surface area contributed by atoms with Gasteiger partial charge in [0.15, 0.2) is 0 Å². The van der Waals surface area contributed by atoms with Crippen molar-refractivity contribution in [3.8, 4) is 5.75 Å². The number of hydrogen-bond donors (Lipinski definition) is 0. The Labute approximate surface area is 79.5 Å². The van der Waals surface area contributed by atoms with Gasteiger partial charge in [-0.15, -0.1) is 0 Å². The molecular formula is C11H15O2. The Bertz CT molecular complexity index is 246. The van der Waals surface area contributed by atoms with Crippen molar-refractivity contribution in [3.63, 3.8) is 0 Å². The van der Waals surface area contributed by atoms with Gasteiger partial charge in [-0.25, -0.2) is 0 Å². The summed E-state index contributed by atoms with van der Waals surface area (Å²) in [6, 6.07) is 7.90. The number of ether oxygens (including phenoxy) is 2. The molecule has 0 aliphatic heterocycles. The van der Waals surface area contributed by atoms with E-state index in [4.69, 9.17) is 9.47 Å². The average molecular weight is 179 g/mol. The molecule has 2 nitrogen and oxygen atoms in total. The first-order valence-electron chi connectivity index (χ1n) is 4.45. The lowest BCUT2D eigenvalue weighted by atomic mass is 10.2. The summed E-state index contributed by atoms with van der Waals surface area (Å²) in [5.74, 6) is 0.896. The van der Waals surface area contributed by atoms with Crippen LogP contribution in [0.1, 0.15) is 12.5 Å². The van der Waals surface area contributed by atoms with E-state index in [2.05, 4.69) is 6.92 Å². The van der Waals surface area contributed by atoms with Crippen LogP contribution in [-0.4, -0.2) is 13.2 Å². The highest BCUT2D eigenvalue weighted by molar-refractivity contribution is 5.27. The zero-order valence-corrected chi connectivity index (χ0v) is 7.95. The van der Waals surface area contributed by atoms with Crippen molar-refractivity contribution < 1.29 is 9.47 Å². The molecule has 0 amide bonds. The number of benzene rings is 1. The molecule has 1 rings (SSSR count). The third kappa shape index (κ3) is 3.47. The Morgan fingerprint density at radius 1 is 1.38 bits per heavy atom. The molecule has 0 unspecified atom stereocenters. The Morgan fingerprint density at radius 2 is 2.23 bits per heavy atom. The molecule has 0 fully saturated rings. The first-order valence-corrected chi connectivity index (χ1v) is 4.45. The van der Waals surface area contributed by atoms with Crippen LogP contribution < -0.4 is 4.74 Å². The molecule has 1 aromatic carbocycles. The molecule has 71 valence electrons. The molecule has 2 heteroatoms. The molecule has 0 saturated carbocycles. The highest BCUT2D eigenvalue weighted by atomic mass is 16.5. The summed E-state index contributed by atoms with van der Waals surface area (Å²) < 4.78 is 10.5. The molecule has 1 radical (unpaired) electrons. The lowest BCUT2D eigenvalue weighted by molar-refractivity contribution is 0.147. The summed E-state index contributed by atoms with van der Waals surface area (Å²) in [7, 11) is 0. The SMILES string of the molecule is [CH2]COCc1cccc(OCC)c1. The molecule has 0 atom stereocenters. The van der Waals surface area contributed by atoms with Gasteiger partial charge in [-0.3, -0.25) is 0 Å². The third-order valence-corrected chi connectivity index (χ3v) is 1.62. The maximum Gasteiger partial charge on any atom is 0.119 e. The van der Waals surface area contributed by atoms with Crippen LogP contribution >= 0.6 is 0 Å². The summed E-state index contributed by atoms with van der Waals surface area (Å²) >= 11 is 0. The monoisotopic (exact) mass is 179 g/mol. The zero-order valence-electron chi connectivity index (χ0n) is 7.95. The molecule has 0 bridgehead atoms. The highest BCUT2D eigenvalue weighted by Crippen LogP contribution is 2.13. The summed E-state index contributed by atoms with van der Waals surface area (Å²) in [5, 5.41) is 0. The quantitative estimate of drug-likeness (QED) is 0.691. The number of hydrogen-bond acceptors (Lipinski definition) is 2. The largest absolute Gasteiger partial charge is 0.494 e. The average Bonchev–Trinajstić information content (AvgIpc) is 2.16. The smallest absolute Gasteiger partial charge is 0.119 e. The van der Waals surface area contributed by atoms with Gasteiger partial charge >= 0.3 is 0 Å². The zero-order chi connectivity index (χ0) is 9.52. The van der Waals surface area contributed by atoms with E-state index in [0.717, 1.165) is 11.3 Å². The van der Waals surface area contributed by atoms with Gasteiger partial charge in [-0.2, -0.15) is 0 Å². The van der Waals surface area contributed by atoms with Crippen LogP contribution in [0, 0.1) is 6.92 Å². The van der Waals surface area contributed by atoms with Crippen molar-refractivity contribution in [2.24, 2.45) is 0 Å². The summed E-state index contributed by atoms with van der Waals surface area (Å²) in [4.78, 5) is 0. The van der Waals surface area contributed by atoms with Crippen LogP contribution in [-0.2, 0) is 11.3 Å². The van der Waals surface area contributed by atoms with Crippen molar-refractivity contribution in [2.45, 2.75) is 13.5 Å². The van der Waals surface area contributed by atoms with Crippen LogP contribution in [0.3, 0.4) is 0 Å². The van der Waals surface area contributed by atoms with E-state index >= 15 is 0 Å². The highest BCUT2D eigenvalue weighted by Gasteiger charge is 1.95. The molecule has 0 aliphatic carbocycles. The standard InChI is InChI=1S/C11H15O2/c1-3-12-9-10-6-5-7-11(8-10)13-4-2/h5-8H,1,3-4,9H2,2H3. The minimum atomic E-state index is 0.499. The minimum absolute atomic E-state index is 0.499. The van der Waals surface area contributed by atoms with Gasteiger partial charge in [0.2, 0.25) is 0 Å². The van der Waals surface area contributed by atoms with Crippen molar-refractivity contribution >= 4 is 0 Å². The summed E-state index contributed by atoms with van der Waals surface area (Å²) in [6.45, 7) is 7.37. The predicted molar refractivity (Wildman–Crippen MR) is 52.6 cm³/mol. The summed E-state index contributed by atoms with van der Waals surface area (Å²) in [6.07, 6.45) is 0. The van der Waals surface area contributed by atoms with E-state index < -0.39 is 0 Å². The van der Waals surface area contributed by atoms with Gasteiger partial charge in [0.25, 0.3) is 0 Å². The predicted octanol–water partition coefficient (Wildman–Crippen LogP) is 2.44. The molecule has 13 heavy (non-hydrogen) atoms. The lowest BCUT2D eigenvalue weighted by Gasteiger charge is -2.05. The van der Waals surface area contributed by atoms with E-state index in [9.17, 15) is 0 Å². The van der Waals surface area contributed by atoms with Crippen LogP contribution in [0.5, 0.6) is 5.75 Å².